The van der Waals surface area contributed by atoms with Gasteiger partial charge in [-0.3, -0.25) is 0 Å². The Labute approximate surface area is 103 Å². The molecule has 1 heterocycles. The Bertz CT molecular complexity index is 552. The first-order chi connectivity index (χ1) is 8.24. The van der Waals surface area contributed by atoms with Crippen LogP contribution in [0.25, 0.3) is 10.6 Å². The van der Waals surface area contributed by atoms with E-state index in [1.54, 1.807) is 6.07 Å². The minimum atomic E-state index is -0.390. The van der Waals surface area contributed by atoms with Crippen LogP contribution in [-0.4, -0.2) is 10.1 Å². The van der Waals surface area contributed by atoms with Crippen LogP contribution in [-0.2, 0) is 6.42 Å². The van der Waals surface area contributed by atoms with Crippen molar-refractivity contribution in [3.63, 3.8) is 0 Å². The van der Waals surface area contributed by atoms with Gasteiger partial charge in [0.25, 0.3) is 0 Å². The zero-order valence-corrected chi connectivity index (χ0v) is 10.0. The molecule has 0 fully saturated rings. The number of benzene rings is 1. The van der Waals surface area contributed by atoms with E-state index in [0.29, 0.717) is 0 Å². The van der Waals surface area contributed by atoms with Crippen molar-refractivity contribution in [2.75, 3.05) is 0 Å². The van der Waals surface area contributed by atoms with Gasteiger partial charge in [-0.25, -0.2) is 9.37 Å². The molecule has 3 rings (SSSR count). The quantitative estimate of drug-likeness (QED) is 0.841. The van der Waals surface area contributed by atoms with Crippen molar-refractivity contribution in [2.24, 2.45) is 0 Å². The summed E-state index contributed by atoms with van der Waals surface area (Å²) in [6.45, 7) is 0. The monoisotopic (exact) mass is 249 g/mol. The maximum absolute atomic E-state index is 13.1. The molecule has 1 aliphatic rings. The highest BCUT2D eigenvalue weighted by Crippen LogP contribution is 2.37. The molecule has 0 radical (unpaired) electrons. The summed E-state index contributed by atoms with van der Waals surface area (Å²) in [5.41, 5.74) is 1.77. The number of hydrogen-bond acceptors (Lipinski definition) is 3. The van der Waals surface area contributed by atoms with E-state index in [1.165, 1.54) is 23.5 Å². The summed E-state index contributed by atoms with van der Waals surface area (Å²) in [4.78, 5) is 5.46. The number of aromatic nitrogens is 1. The molecule has 1 atom stereocenters. The minimum Gasteiger partial charge on any atom is -0.388 e. The standard InChI is InChI=1S/C13H12FNOS/c14-9-4-1-3-8(7-9)13-15-10-5-2-6-11(16)12(10)17-13/h1,3-4,7,11,16H,2,5-6H2. The fourth-order valence-corrected chi connectivity index (χ4v) is 3.27. The number of aryl methyl sites for hydroxylation is 1. The molecule has 2 aromatic rings. The summed E-state index contributed by atoms with van der Waals surface area (Å²) >= 11 is 1.48. The van der Waals surface area contributed by atoms with Crippen molar-refractivity contribution in [1.82, 2.24) is 4.98 Å². The Morgan fingerprint density at radius 2 is 2.29 bits per heavy atom. The predicted octanol–water partition coefficient (Wildman–Crippen LogP) is 3.32. The highest BCUT2D eigenvalue weighted by atomic mass is 32.1. The highest BCUT2D eigenvalue weighted by Gasteiger charge is 2.23. The van der Waals surface area contributed by atoms with E-state index in [1.807, 2.05) is 6.07 Å². The van der Waals surface area contributed by atoms with Crippen LogP contribution in [0.15, 0.2) is 24.3 Å². The summed E-state index contributed by atoms with van der Waals surface area (Å²) in [6.07, 6.45) is 2.30. The number of halogens is 1. The molecule has 1 aromatic heterocycles. The maximum Gasteiger partial charge on any atom is 0.124 e. The lowest BCUT2D eigenvalue weighted by Crippen LogP contribution is -2.06. The molecule has 0 spiro atoms. The smallest absolute Gasteiger partial charge is 0.124 e. The average Bonchev–Trinajstić information content (AvgIpc) is 2.74. The lowest BCUT2D eigenvalue weighted by molar-refractivity contribution is 0.160. The van der Waals surface area contributed by atoms with E-state index >= 15 is 0 Å². The van der Waals surface area contributed by atoms with E-state index in [0.717, 1.165) is 40.4 Å². The highest BCUT2D eigenvalue weighted by molar-refractivity contribution is 7.15. The second-order valence-electron chi connectivity index (χ2n) is 4.25. The van der Waals surface area contributed by atoms with Crippen LogP contribution in [0.5, 0.6) is 0 Å². The van der Waals surface area contributed by atoms with Crippen molar-refractivity contribution in [2.45, 2.75) is 25.4 Å². The first kappa shape index (κ1) is 10.9. The van der Waals surface area contributed by atoms with Gasteiger partial charge in [-0.15, -0.1) is 11.3 Å². The molecule has 1 unspecified atom stereocenters. The van der Waals surface area contributed by atoms with Crippen molar-refractivity contribution in [3.8, 4) is 10.6 Å². The van der Waals surface area contributed by atoms with Crippen molar-refractivity contribution < 1.29 is 9.50 Å². The third-order valence-corrected chi connectivity index (χ3v) is 4.24. The first-order valence-corrected chi connectivity index (χ1v) is 6.49. The van der Waals surface area contributed by atoms with Crippen molar-refractivity contribution >= 4 is 11.3 Å². The van der Waals surface area contributed by atoms with E-state index in [-0.39, 0.29) is 5.82 Å². The number of aliphatic hydroxyl groups is 1. The molecular formula is C13H12FNOS. The maximum atomic E-state index is 13.1. The van der Waals surface area contributed by atoms with Crippen LogP contribution < -0.4 is 0 Å². The third kappa shape index (κ3) is 1.98. The number of thiazole rings is 1. The largest absolute Gasteiger partial charge is 0.388 e. The molecule has 4 heteroatoms. The number of aliphatic hydroxyl groups excluding tert-OH is 1. The van der Waals surface area contributed by atoms with Gasteiger partial charge < -0.3 is 5.11 Å². The van der Waals surface area contributed by atoms with E-state index < -0.39 is 6.10 Å². The summed E-state index contributed by atoms with van der Waals surface area (Å²) in [5.74, 6) is -0.253. The SMILES string of the molecule is OC1CCCc2nc(-c3cccc(F)c3)sc21. The van der Waals surface area contributed by atoms with Gasteiger partial charge in [-0.1, -0.05) is 12.1 Å². The van der Waals surface area contributed by atoms with Gasteiger partial charge in [-0.05, 0) is 31.4 Å². The van der Waals surface area contributed by atoms with Crippen LogP contribution in [0.1, 0.15) is 29.5 Å². The molecule has 0 bridgehead atoms. The van der Waals surface area contributed by atoms with Gasteiger partial charge in [0.2, 0.25) is 0 Å². The second-order valence-corrected chi connectivity index (χ2v) is 5.28. The summed E-state index contributed by atoms with van der Waals surface area (Å²) in [6, 6.07) is 6.43. The molecule has 88 valence electrons. The minimum absolute atomic E-state index is 0.253. The van der Waals surface area contributed by atoms with Gasteiger partial charge in [0.15, 0.2) is 0 Å². The van der Waals surface area contributed by atoms with Crippen LogP contribution in [0, 0.1) is 5.82 Å². The molecule has 1 N–H and O–H groups in total. The second kappa shape index (κ2) is 4.20. The van der Waals surface area contributed by atoms with E-state index in [9.17, 15) is 9.50 Å². The Morgan fingerprint density at radius 1 is 1.41 bits per heavy atom. The number of rotatable bonds is 1. The molecule has 17 heavy (non-hydrogen) atoms. The Kier molecular flexibility index (Phi) is 2.68. The number of hydrogen-bond donors (Lipinski definition) is 1. The first-order valence-electron chi connectivity index (χ1n) is 5.67. The Hall–Kier alpha value is -1.26. The van der Waals surface area contributed by atoms with E-state index in [4.69, 9.17) is 0 Å². The van der Waals surface area contributed by atoms with Gasteiger partial charge >= 0.3 is 0 Å². The molecule has 2 nitrogen and oxygen atoms in total. The van der Waals surface area contributed by atoms with Gasteiger partial charge in [0.05, 0.1) is 16.7 Å². The lowest BCUT2D eigenvalue weighted by atomic mass is 10.0. The topological polar surface area (TPSA) is 33.1 Å². The third-order valence-electron chi connectivity index (χ3n) is 2.99. The van der Waals surface area contributed by atoms with Crippen molar-refractivity contribution in [1.29, 1.82) is 0 Å². The molecule has 1 aliphatic carbocycles. The summed E-state index contributed by atoms with van der Waals surface area (Å²) in [7, 11) is 0. The zero-order chi connectivity index (χ0) is 11.8. The van der Waals surface area contributed by atoms with E-state index in [2.05, 4.69) is 4.98 Å². The average molecular weight is 249 g/mol. The zero-order valence-electron chi connectivity index (χ0n) is 9.19. The van der Waals surface area contributed by atoms with Crippen molar-refractivity contribution in [3.05, 3.63) is 40.7 Å². The Morgan fingerprint density at radius 3 is 3.06 bits per heavy atom. The normalized spacial score (nSPS) is 19.1. The summed E-state index contributed by atoms with van der Waals surface area (Å²) in [5, 5.41) is 10.7. The molecule has 1 aromatic carbocycles. The van der Waals surface area contributed by atoms with Crippen LogP contribution in [0.2, 0.25) is 0 Å². The van der Waals surface area contributed by atoms with Crippen LogP contribution in [0.3, 0.4) is 0 Å². The lowest BCUT2D eigenvalue weighted by Gasteiger charge is -2.14. The predicted molar refractivity (Wildman–Crippen MR) is 65.4 cm³/mol. The molecule has 0 saturated carbocycles. The molecule has 0 saturated heterocycles. The molecular weight excluding hydrogens is 237 g/mol. The van der Waals surface area contributed by atoms with Gasteiger partial charge in [0.1, 0.15) is 10.8 Å². The van der Waals surface area contributed by atoms with Crippen LogP contribution >= 0.6 is 11.3 Å². The number of fused-ring (bicyclic) bond motifs is 1. The van der Waals surface area contributed by atoms with Crippen LogP contribution in [0.4, 0.5) is 4.39 Å². The fraction of sp³-hybridized carbons (Fsp3) is 0.308. The molecule has 0 amide bonds. The van der Waals surface area contributed by atoms with Gasteiger partial charge in [0, 0.05) is 5.56 Å². The number of nitrogens with zero attached hydrogens (tertiary/aromatic N) is 1. The summed E-state index contributed by atoms with van der Waals surface area (Å²) < 4.78 is 13.1. The fourth-order valence-electron chi connectivity index (χ4n) is 2.14. The molecule has 0 aliphatic heterocycles. The van der Waals surface area contributed by atoms with Gasteiger partial charge in [-0.2, -0.15) is 0 Å². The Balaban J connectivity index is 2.05.